The zero-order valence-electron chi connectivity index (χ0n) is 5.02. The van der Waals surface area contributed by atoms with Crippen molar-refractivity contribution in [3.05, 3.63) is 0 Å². The largest absolute Gasteiger partial charge is 1.00 e. The summed E-state index contributed by atoms with van der Waals surface area (Å²) >= 11 is 0. The van der Waals surface area contributed by atoms with Crippen LogP contribution in [0.25, 0.3) is 0 Å². The van der Waals surface area contributed by atoms with Crippen LogP contribution in [0.3, 0.4) is 0 Å². The molecule has 0 atom stereocenters. The maximum atomic E-state index is 4.94. The molecule has 1 nitrogen and oxygen atoms in total. The third kappa shape index (κ3) is 43.8. The standard InChI is InChI=1S/C2H6BN.Na.H/c1-4(2)3;;/h1-2H3;;/q;+1;-1. The van der Waals surface area contributed by atoms with Gasteiger partial charge >= 0.3 is 29.6 Å². The zero-order valence-corrected chi connectivity index (χ0v) is 6.02. The van der Waals surface area contributed by atoms with E-state index in [0.29, 0.717) is 0 Å². The number of hydrogen-bond donors (Lipinski definition) is 0. The van der Waals surface area contributed by atoms with Crippen molar-refractivity contribution in [3.8, 4) is 0 Å². The smallest absolute Gasteiger partial charge is 1.00 e. The molecule has 0 aliphatic carbocycles. The van der Waals surface area contributed by atoms with Crippen LogP contribution in [-0.2, 0) is 0 Å². The van der Waals surface area contributed by atoms with Gasteiger partial charge in [-0.25, -0.2) is 0 Å². The summed E-state index contributed by atoms with van der Waals surface area (Å²) in [6, 6.07) is 0. The molecule has 0 aliphatic heterocycles. The molecule has 0 unspecified atom stereocenters. The zero-order chi connectivity index (χ0) is 3.58. The first-order valence-corrected chi connectivity index (χ1v) is 1.15. The maximum Gasteiger partial charge on any atom is 1.00 e. The van der Waals surface area contributed by atoms with Gasteiger partial charge in [-0.2, -0.15) is 0 Å². The molecule has 0 amide bonds. The Balaban J connectivity index is -0.0000000450. The number of nitrogens with zero attached hydrogens (tertiary/aromatic N) is 1. The van der Waals surface area contributed by atoms with Gasteiger partial charge in [-0.1, -0.05) is 0 Å². The summed E-state index contributed by atoms with van der Waals surface area (Å²) in [5.74, 6) is 0. The minimum atomic E-state index is 0. The molecular formula is C2H7BNNa. The van der Waals surface area contributed by atoms with E-state index < -0.39 is 0 Å². The fourth-order valence-corrected chi connectivity index (χ4v) is 0. The number of rotatable bonds is 0. The van der Waals surface area contributed by atoms with E-state index in [4.69, 9.17) is 7.98 Å². The van der Waals surface area contributed by atoms with Gasteiger partial charge in [0.25, 0.3) is 0 Å². The molecule has 0 saturated heterocycles. The Kier molecular flexibility index (Phi) is 9.44. The molecule has 0 bridgehead atoms. The van der Waals surface area contributed by atoms with Crippen molar-refractivity contribution in [1.29, 1.82) is 0 Å². The SMILES string of the molecule is [B]N(C)C.[H-].[Na+]. The predicted molar refractivity (Wildman–Crippen MR) is 20.6 cm³/mol. The third-order valence-electron chi connectivity index (χ3n) is 0. The van der Waals surface area contributed by atoms with Crippen LogP contribution in [0.4, 0.5) is 0 Å². The molecule has 2 radical (unpaired) electrons. The van der Waals surface area contributed by atoms with E-state index in [1.54, 1.807) is 14.1 Å². The maximum absolute atomic E-state index is 4.94. The molecule has 0 saturated carbocycles. The molecular weight excluding hydrogens is 71.8 g/mol. The van der Waals surface area contributed by atoms with Crippen molar-refractivity contribution in [2.75, 3.05) is 14.1 Å². The quantitative estimate of drug-likeness (QED) is 0.275. The van der Waals surface area contributed by atoms with Crippen LogP contribution in [-0.4, -0.2) is 26.9 Å². The summed E-state index contributed by atoms with van der Waals surface area (Å²) in [4.78, 5) is 1.50. The van der Waals surface area contributed by atoms with Gasteiger partial charge in [0.1, 0.15) is 0 Å². The van der Waals surface area contributed by atoms with Crippen LogP contribution in [0.5, 0.6) is 0 Å². The molecule has 3 heteroatoms. The van der Waals surface area contributed by atoms with E-state index in [0.717, 1.165) is 0 Å². The first-order valence-electron chi connectivity index (χ1n) is 1.15. The monoisotopic (exact) mass is 79.1 g/mol. The van der Waals surface area contributed by atoms with Crippen LogP contribution < -0.4 is 29.6 Å². The van der Waals surface area contributed by atoms with Crippen LogP contribution in [0.2, 0.25) is 0 Å². The van der Waals surface area contributed by atoms with Crippen molar-refractivity contribution in [1.82, 2.24) is 4.81 Å². The molecule has 5 heavy (non-hydrogen) atoms. The Morgan fingerprint density at radius 1 is 1.60 bits per heavy atom. The molecule has 0 aromatic carbocycles. The summed E-state index contributed by atoms with van der Waals surface area (Å²) in [7, 11) is 8.50. The van der Waals surface area contributed by atoms with Crippen molar-refractivity contribution >= 4 is 7.98 Å². The van der Waals surface area contributed by atoms with E-state index in [1.807, 2.05) is 0 Å². The summed E-state index contributed by atoms with van der Waals surface area (Å²) in [6.45, 7) is 0. The molecule has 0 heterocycles. The molecule has 0 aromatic rings. The van der Waals surface area contributed by atoms with Gasteiger partial charge in [-0.05, 0) is 14.1 Å². The molecule has 24 valence electrons. The Morgan fingerprint density at radius 2 is 1.60 bits per heavy atom. The Morgan fingerprint density at radius 3 is 1.60 bits per heavy atom. The third-order valence-corrected chi connectivity index (χ3v) is 0. The van der Waals surface area contributed by atoms with Crippen LogP contribution >= 0.6 is 0 Å². The second-order valence-electron chi connectivity index (χ2n) is 0.964. The average molecular weight is 78.9 g/mol. The summed E-state index contributed by atoms with van der Waals surface area (Å²) in [6.07, 6.45) is 0. The Labute approximate surface area is 57.9 Å². The average Bonchev–Trinajstić information content (AvgIpc) is 0.811. The predicted octanol–water partition coefficient (Wildman–Crippen LogP) is -3.25. The van der Waals surface area contributed by atoms with Gasteiger partial charge in [0, 0.05) is 0 Å². The van der Waals surface area contributed by atoms with Gasteiger partial charge in [-0.3, -0.25) is 0 Å². The van der Waals surface area contributed by atoms with E-state index in [2.05, 4.69) is 0 Å². The fourth-order valence-electron chi connectivity index (χ4n) is 0. The summed E-state index contributed by atoms with van der Waals surface area (Å²) in [5, 5.41) is 0. The first-order chi connectivity index (χ1) is 1.73. The minimum absolute atomic E-state index is 0. The summed E-state index contributed by atoms with van der Waals surface area (Å²) < 4.78 is 0. The van der Waals surface area contributed by atoms with Gasteiger partial charge < -0.3 is 6.24 Å². The van der Waals surface area contributed by atoms with E-state index in [-0.39, 0.29) is 31.0 Å². The van der Waals surface area contributed by atoms with Crippen LogP contribution in [0, 0.1) is 0 Å². The van der Waals surface area contributed by atoms with Crippen LogP contribution in [0.15, 0.2) is 0 Å². The van der Waals surface area contributed by atoms with Gasteiger partial charge in [0.15, 0.2) is 7.98 Å². The minimum Gasteiger partial charge on any atom is -1.00 e. The Bertz CT molecular complexity index is 18.3. The van der Waals surface area contributed by atoms with Gasteiger partial charge in [0.2, 0.25) is 0 Å². The van der Waals surface area contributed by atoms with Crippen molar-refractivity contribution in [3.63, 3.8) is 0 Å². The van der Waals surface area contributed by atoms with E-state index in [9.17, 15) is 0 Å². The number of hydrogen-bond acceptors (Lipinski definition) is 1. The normalized spacial score (nSPS) is 7.00. The molecule has 0 N–H and O–H groups in total. The molecule has 0 fully saturated rings. The summed E-state index contributed by atoms with van der Waals surface area (Å²) in [5.41, 5.74) is 0. The Hall–Kier alpha value is 1.02. The second kappa shape index (κ2) is 5.02. The molecule has 0 aliphatic rings. The second-order valence-corrected chi connectivity index (χ2v) is 0.964. The molecule has 0 spiro atoms. The fraction of sp³-hybridized carbons (Fsp3) is 1.00. The van der Waals surface area contributed by atoms with Crippen LogP contribution in [0.1, 0.15) is 1.43 Å². The topological polar surface area (TPSA) is 3.24 Å². The first kappa shape index (κ1) is 9.39. The molecule has 0 aromatic heterocycles. The van der Waals surface area contributed by atoms with E-state index in [1.165, 1.54) is 4.81 Å². The van der Waals surface area contributed by atoms with Crippen molar-refractivity contribution in [2.24, 2.45) is 0 Å². The van der Waals surface area contributed by atoms with Gasteiger partial charge in [0.05, 0.1) is 0 Å². The van der Waals surface area contributed by atoms with Crippen molar-refractivity contribution in [2.45, 2.75) is 0 Å². The van der Waals surface area contributed by atoms with Crippen molar-refractivity contribution < 1.29 is 31.0 Å². The molecule has 0 rings (SSSR count). The van der Waals surface area contributed by atoms with E-state index >= 15 is 0 Å². The van der Waals surface area contributed by atoms with Gasteiger partial charge in [-0.15, -0.1) is 0 Å².